The van der Waals surface area contributed by atoms with E-state index in [1.807, 2.05) is 38.1 Å². The fourth-order valence-corrected chi connectivity index (χ4v) is 2.09. The molecular formula is C16H24N2O3. The van der Waals surface area contributed by atoms with Crippen molar-refractivity contribution in [3.63, 3.8) is 0 Å². The zero-order valence-electron chi connectivity index (χ0n) is 13.1. The molecule has 1 rings (SSSR count). The SMILES string of the molecule is COc1ccccc1CCNC(=O)C(NC(C)=O)C(C)C. The molecule has 0 bridgehead atoms. The number of methoxy groups -OCH3 is 1. The van der Waals surface area contributed by atoms with E-state index >= 15 is 0 Å². The van der Waals surface area contributed by atoms with Gasteiger partial charge in [0.2, 0.25) is 11.8 Å². The summed E-state index contributed by atoms with van der Waals surface area (Å²) in [7, 11) is 1.63. The van der Waals surface area contributed by atoms with Crippen molar-refractivity contribution < 1.29 is 14.3 Å². The summed E-state index contributed by atoms with van der Waals surface area (Å²) in [5.74, 6) is 0.498. The Bertz CT molecular complexity index is 486. The van der Waals surface area contributed by atoms with Gasteiger partial charge in [0.05, 0.1) is 7.11 Å². The Morgan fingerprint density at radius 1 is 1.24 bits per heavy atom. The highest BCUT2D eigenvalue weighted by Crippen LogP contribution is 2.17. The van der Waals surface area contributed by atoms with Gasteiger partial charge in [-0.2, -0.15) is 0 Å². The maximum atomic E-state index is 12.1. The first kappa shape index (κ1) is 17.0. The maximum absolute atomic E-state index is 12.1. The first-order valence-electron chi connectivity index (χ1n) is 7.12. The third kappa shape index (κ3) is 5.45. The maximum Gasteiger partial charge on any atom is 0.242 e. The molecule has 1 aromatic carbocycles. The van der Waals surface area contributed by atoms with Crippen LogP contribution in [-0.4, -0.2) is 31.5 Å². The molecule has 0 aliphatic carbocycles. The summed E-state index contributed by atoms with van der Waals surface area (Å²) in [5.41, 5.74) is 1.04. The smallest absolute Gasteiger partial charge is 0.242 e. The molecule has 1 aromatic rings. The van der Waals surface area contributed by atoms with Crippen molar-refractivity contribution in [3.8, 4) is 5.75 Å². The topological polar surface area (TPSA) is 67.4 Å². The average molecular weight is 292 g/mol. The lowest BCUT2D eigenvalue weighted by atomic mass is 10.0. The number of carbonyl (C=O) groups excluding carboxylic acids is 2. The Morgan fingerprint density at radius 3 is 2.48 bits per heavy atom. The molecule has 2 amide bonds. The van der Waals surface area contributed by atoms with Crippen LogP contribution in [0.4, 0.5) is 0 Å². The van der Waals surface area contributed by atoms with Crippen LogP contribution in [0.25, 0.3) is 0 Å². The number of para-hydroxylation sites is 1. The van der Waals surface area contributed by atoms with Crippen LogP contribution in [0.15, 0.2) is 24.3 Å². The van der Waals surface area contributed by atoms with Gasteiger partial charge in [-0.1, -0.05) is 32.0 Å². The molecule has 1 unspecified atom stereocenters. The standard InChI is InChI=1S/C16H24N2O3/c1-11(2)15(18-12(3)19)16(20)17-10-9-13-7-5-6-8-14(13)21-4/h5-8,11,15H,9-10H2,1-4H3,(H,17,20)(H,18,19). The van der Waals surface area contributed by atoms with E-state index in [9.17, 15) is 9.59 Å². The van der Waals surface area contributed by atoms with Crippen molar-refractivity contribution in [1.82, 2.24) is 10.6 Å². The minimum Gasteiger partial charge on any atom is -0.496 e. The molecule has 1 atom stereocenters. The van der Waals surface area contributed by atoms with Crippen LogP contribution in [0.3, 0.4) is 0 Å². The second-order valence-electron chi connectivity index (χ2n) is 5.28. The third-order valence-electron chi connectivity index (χ3n) is 3.19. The van der Waals surface area contributed by atoms with Gasteiger partial charge in [0.15, 0.2) is 0 Å². The lowest BCUT2D eigenvalue weighted by molar-refractivity contribution is -0.129. The zero-order valence-corrected chi connectivity index (χ0v) is 13.1. The summed E-state index contributed by atoms with van der Waals surface area (Å²) in [6, 6.07) is 7.21. The number of nitrogens with one attached hydrogen (secondary N) is 2. The van der Waals surface area contributed by atoms with E-state index < -0.39 is 6.04 Å². The Labute approximate surface area is 126 Å². The summed E-state index contributed by atoms with van der Waals surface area (Å²) < 4.78 is 5.27. The van der Waals surface area contributed by atoms with E-state index in [2.05, 4.69) is 10.6 Å². The van der Waals surface area contributed by atoms with Crippen LogP contribution >= 0.6 is 0 Å². The van der Waals surface area contributed by atoms with Gasteiger partial charge in [0.1, 0.15) is 11.8 Å². The third-order valence-corrected chi connectivity index (χ3v) is 3.19. The van der Waals surface area contributed by atoms with Crippen LogP contribution in [0.2, 0.25) is 0 Å². The quantitative estimate of drug-likeness (QED) is 0.800. The Balaban J connectivity index is 2.53. The summed E-state index contributed by atoms with van der Waals surface area (Å²) in [5, 5.41) is 5.53. The second-order valence-corrected chi connectivity index (χ2v) is 5.28. The molecule has 5 heteroatoms. The Hall–Kier alpha value is -2.04. The number of carbonyl (C=O) groups is 2. The molecule has 0 spiro atoms. The molecule has 0 aromatic heterocycles. The van der Waals surface area contributed by atoms with Crippen molar-refractivity contribution in [1.29, 1.82) is 0 Å². The fourth-order valence-electron chi connectivity index (χ4n) is 2.09. The normalized spacial score (nSPS) is 11.9. The highest BCUT2D eigenvalue weighted by Gasteiger charge is 2.22. The molecule has 21 heavy (non-hydrogen) atoms. The van der Waals surface area contributed by atoms with Crippen molar-refractivity contribution in [2.24, 2.45) is 5.92 Å². The first-order chi connectivity index (χ1) is 9.95. The summed E-state index contributed by atoms with van der Waals surface area (Å²) >= 11 is 0. The van der Waals surface area contributed by atoms with Crippen LogP contribution in [0.5, 0.6) is 5.75 Å². The van der Waals surface area contributed by atoms with Crippen LogP contribution in [0.1, 0.15) is 26.3 Å². The molecule has 5 nitrogen and oxygen atoms in total. The Morgan fingerprint density at radius 2 is 1.90 bits per heavy atom. The predicted molar refractivity (Wildman–Crippen MR) is 82.2 cm³/mol. The monoisotopic (exact) mass is 292 g/mol. The molecule has 0 heterocycles. The number of rotatable bonds is 7. The number of hydrogen-bond donors (Lipinski definition) is 2. The van der Waals surface area contributed by atoms with Gasteiger partial charge in [0.25, 0.3) is 0 Å². The van der Waals surface area contributed by atoms with Crippen molar-refractivity contribution in [3.05, 3.63) is 29.8 Å². The minimum atomic E-state index is -0.500. The molecule has 116 valence electrons. The first-order valence-corrected chi connectivity index (χ1v) is 7.12. The van der Waals surface area contributed by atoms with E-state index in [0.717, 1.165) is 11.3 Å². The van der Waals surface area contributed by atoms with Gasteiger partial charge in [-0.05, 0) is 24.0 Å². The van der Waals surface area contributed by atoms with E-state index in [1.165, 1.54) is 6.92 Å². The predicted octanol–water partition coefficient (Wildman–Crippen LogP) is 1.51. The second kappa shape index (κ2) is 8.29. The van der Waals surface area contributed by atoms with Gasteiger partial charge in [-0.25, -0.2) is 0 Å². The summed E-state index contributed by atoms with van der Waals surface area (Å²) in [6.45, 7) is 5.72. The van der Waals surface area contributed by atoms with Gasteiger partial charge in [-0.3, -0.25) is 9.59 Å². The number of ether oxygens (including phenoxy) is 1. The van der Waals surface area contributed by atoms with Gasteiger partial charge >= 0.3 is 0 Å². The van der Waals surface area contributed by atoms with E-state index in [0.29, 0.717) is 13.0 Å². The lowest BCUT2D eigenvalue weighted by Crippen LogP contribution is -2.49. The zero-order chi connectivity index (χ0) is 15.8. The molecule has 0 aliphatic rings. The van der Waals surface area contributed by atoms with Gasteiger partial charge in [-0.15, -0.1) is 0 Å². The van der Waals surface area contributed by atoms with Crippen molar-refractivity contribution >= 4 is 11.8 Å². The molecule has 2 N–H and O–H groups in total. The van der Waals surface area contributed by atoms with Gasteiger partial charge in [0, 0.05) is 13.5 Å². The molecule has 0 fully saturated rings. The lowest BCUT2D eigenvalue weighted by Gasteiger charge is -2.21. The highest BCUT2D eigenvalue weighted by molar-refractivity contribution is 5.87. The molecular weight excluding hydrogens is 268 g/mol. The van der Waals surface area contributed by atoms with E-state index in [1.54, 1.807) is 7.11 Å². The minimum absolute atomic E-state index is 0.0418. The molecule has 0 saturated heterocycles. The molecule has 0 radical (unpaired) electrons. The van der Waals surface area contributed by atoms with Crippen LogP contribution < -0.4 is 15.4 Å². The number of benzene rings is 1. The fraction of sp³-hybridized carbons (Fsp3) is 0.500. The highest BCUT2D eigenvalue weighted by atomic mass is 16.5. The van der Waals surface area contributed by atoms with E-state index in [4.69, 9.17) is 4.74 Å². The largest absolute Gasteiger partial charge is 0.496 e. The molecule has 0 aliphatic heterocycles. The molecule has 0 saturated carbocycles. The van der Waals surface area contributed by atoms with Gasteiger partial charge < -0.3 is 15.4 Å². The Kier molecular flexibility index (Phi) is 6.72. The van der Waals surface area contributed by atoms with Crippen molar-refractivity contribution in [2.45, 2.75) is 33.2 Å². The van der Waals surface area contributed by atoms with Crippen LogP contribution in [0, 0.1) is 5.92 Å². The number of amides is 2. The summed E-state index contributed by atoms with van der Waals surface area (Å²) in [4.78, 5) is 23.2. The van der Waals surface area contributed by atoms with E-state index in [-0.39, 0.29) is 17.7 Å². The van der Waals surface area contributed by atoms with Crippen molar-refractivity contribution in [2.75, 3.05) is 13.7 Å². The number of hydrogen-bond acceptors (Lipinski definition) is 3. The summed E-state index contributed by atoms with van der Waals surface area (Å²) in [6.07, 6.45) is 0.681. The van der Waals surface area contributed by atoms with Crippen LogP contribution in [-0.2, 0) is 16.0 Å². The average Bonchev–Trinajstić information content (AvgIpc) is 2.44.